The summed E-state index contributed by atoms with van der Waals surface area (Å²) in [6.07, 6.45) is 5.55. The lowest BCUT2D eigenvalue weighted by molar-refractivity contribution is -0.384. The molecule has 0 bridgehead atoms. The number of rotatable bonds is 4. The van der Waals surface area contributed by atoms with E-state index < -0.39 is 10.9 Å². The molecule has 6 nitrogen and oxygen atoms in total. The lowest BCUT2D eigenvalue weighted by atomic mass is 10.2. The Morgan fingerprint density at radius 3 is 2.78 bits per heavy atom. The standard InChI is InChI=1S/C12H16N2O4/c1-2-18-12(15)11-7-10(14(16)17)8-13(11)9-5-3-4-6-9/h7-9H,2-6H2,1H3. The van der Waals surface area contributed by atoms with Gasteiger partial charge in [0, 0.05) is 12.1 Å². The van der Waals surface area contributed by atoms with Crippen LogP contribution in [0.15, 0.2) is 12.3 Å². The molecule has 0 unspecified atom stereocenters. The lowest BCUT2D eigenvalue weighted by Gasteiger charge is -2.14. The maximum Gasteiger partial charge on any atom is 0.355 e. The predicted octanol–water partition coefficient (Wildman–Crippen LogP) is 2.69. The van der Waals surface area contributed by atoms with Gasteiger partial charge in [-0.1, -0.05) is 12.8 Å². The van der Waals surface area contributed by atoms with Crippen molar-refractivity contribution in [3.05, 3.63) is 28.1 Å². The second kappa shape index (κ2) is 5.20. The quantitative estimate of drug-likeness (QED) is 0.469. The van der Waals surface area contributed by atoms with Crippen LogP contribution in [0.3, 0.4) is 0 Å². The molecule has 0 aliphatic heterocycles. The number of hydrogen-bond acceptors (Lipinski definition) is 4. The summed E-state index contributed by atoms with van der Waals surface area (Å²) in [6.45, 7) is 1.98. The number of nitrogens with zero attached hydrogens (tertiary/aromatic N) is 2. The molecule has 0 radical (unpaired) electrons. The highest BCUT2D eigenvalue weighted by Crippen LogP contribution is 2.33. The summed E-state index contributed by atoms with van der Waals surface area (Å²) in [5.41, 5.74) is 0.236. The monoisotopic (exact) mass is 252 g/mol. The van der Waals surface area contributed by atoms with Crippen LogP contribution in [0.1, 0.15) is 49.1 Å². The Labute approximate surface area is 105 Å². The van der Waals surface area contributed by atoms with Crippen LogP contribution >= 0.6 is 0 Å². The van der Waals surface area contributed by atoms with Gasteiger partial charge in [0.15, 0.2) is 0 Å². The summed E-state index contributed by atoms with van der Waals surface area (Å²) in [7, 11) is 0. The molecule has 98 valence electrons. The zero-order chi connectivity index (χ0) is 13.1. The molecule has 1 aliphatic rings. The Morgan fingerprint density at radius 2 is 2.22 bits per heavy atom. The molecule has 0 amide bonds. The second-order valence-electron chi connectivity index (χ2n) is 4.41. The van der Waals surface area contributed by atoms with Crippen molar-refractivity contribution >= 4 is 11.7 Å². The third kappa shape index (κ3) is 2.37. The molecule has 1 aliphatic carbocycles. The maximum absolute atomic E-state index is 11.8. The van der Waals surface area contributed by atoms with Crippen LogP contribution in [0.25, 0.3) is 0 Å². The van der Waals surface area contributed by atoms with Crippen LogP contribution in [-0.4, -0.2) is 22.1 Å². The zero-order valence-electron chi connectivity index (χ0n) is 10.3. The van der Waals surface area contributed by atoms with Gasteiger partial charge >= 0.3 is 5.97 Å². The number of carbonyl (C=O) groups is 1. The maximum atomic E-state index is 11.8. The fourth-order valence-electron chi connectivity index (χ4n) is 2.42. The lowest BCUT2D eigenvalue weighted by Crippen LogP contribution is -2.14. The Bertz CT molecular complexity index is 461. The van der Waals surface area contributed by atoms with Crippen molar-refractivity contribution in [3.8, 4) is 0 Å². The second-order valence-corrected chi connectivity index (χ2v) is 4.41. The molecular formula is C12H16N2O4. The highest BCUT2D eigenvalue weighted by Gasteiger charge is 2.26. The molecule has 0 N–H and O–H groups in total. The summed E-state index contributed by atoms with van der Waals surface area (Å²) in [4.78, 5) is 22.1. The van der Waals surface area contributed by atoms with E-state index in [0.29, 0.717) is 0 Å². The van der Waals surface area contributed by atoms with Gasteiger partial charge in [0.25, 0.3) is 5.69 Å². The van der Waals surface area contributed by atoms with Crippen molar-refractivity contribution in [2.75, 3.05) is 6.61 Å². The van der Waals surface area contributed by atoms with Crippen LogP contribution in [0.5, 0.6) is 0 Å². The largest absolute Gasteiger partial charge is 0.461 e. The van der Waals surface area contributed by atoms with Gasteiger partial charge in [-0.3, -0.25) is 10.1 Å². The fourth-order valence-corrected chi connectivity index (χ4v) is 2.42. The van der Waals surface area contributed by atoms with Gasteiger partial charge in [0.05, 0.1) is 17.7 Å². The van der Waals surface area contributed by atoms with Gasteiger partial charge in [0.2, 0.25) is 0 Å². The topological polar surface area (TPSA) is 74.4 Å². The molecule has 0 saturated heterocycles. The summed E-state index contributed by atoms with van der Waals surface area (Å²) < 4.78 is 6.65. The van der Waals surface area contributed by atoms with E-state index in [0.717, 1.165) is 25.7 Å². The van der Waals surface area contributed by atoms with E-state index in [2.05, 4.69) is 0 Å². The third-order valence-electron chi connectivity index (χ3n) is 3.25. The molecule has 1 aromatic heterocycles. The predicted molar refractivity (Wildman–Crippen MR) is 64.5 cm³/mol. The minimum atomic E-state index is -0.488. The first-order valence-electron chi connectivity index (χ1n) is 6.17. The first-order valence-corrected chi connectivity index (χ1v) is 6.17. The average molecular weight is 252 g/mol. The third-order valence-corrected chi connectivity index (χ3v) is 3.25. The van der Waals surface area contributed by atoms with E-state index in [-0.39, 0.29) is 24.0 Å². The molecule has 6 heteroatoms. The summed E-state index contributed by atoms with van der Waals surface area (Å²) >= 11 is 0. The van der Waals surface area contributed by atoms with E-state index >= 15 is 0 Å². The smallest absolute Gasteiger partial charge is 0.355 e. The molecule has 1 heterocycles. The Morgan fingerprint density at radius 1 is 1.56 bits per heavy atom. The summed E-state index contributed by atoms with van der Waals surface area (Å²) in [5.74, 6) is -0.488. The van der Waals surface area contributed by atoms with Crippen molar-refractivity contribution in [1.29, 1.82) is 0 Å². The van der Waals surface area contributed by atoms with Crippen molar-refractivity contribution < 1.29 is 14.5 Å². The number of ether oxygens (including phenoxy) is 1. The van der Waals surface area contributed by atoms with Gasteiger partial charge in [-0.05, 0) is 19.8 Å². The van der Waals surface area contributed by atoms with Crippen LogP contribution in [0.2, 0.25) is 0 Å². The van der Waals surface area contributed by atoms with Crippen LogP contribution in [0.4, 0.5) is 5.69 Å². The minimum Gasteiger partial charge on any atom is -0.461 e. The number of aromatic nitrogens is 1. The van der Waals surface area contributed by atoms with Crippen LogP contribution in [-0.2, 0) is 4.74 Å². The molecule has 1 aromatic rings. The Balaban J connectivity index is 2.35. The average Bonchev–Trinajstić information content (AvgIpc) is 2.98. The molecule has 0 spiro atoms. The Hall–Kier alpha value is -1.85. The summed E-state index contributed by atoms with van der Waals surface area (Å²) in [5, 5.41) is 10.8. The fraction of sp³-hybridized carbons (Fsp3) is 0.583. The Kier molecular flexibility index (Phi) is 3.64. The highest BCUT2D eigenvalue weighted by atomic mass is 16.6. The van der Waals surface area contributed by atoms with Crippen LogP contribution < -0.4 is 0 Å². The normalized spacial score (nSPS) is 15.8. The van der Waals surface area contributed by atoms with Crippen molar-refractivity contribution in [2.45, 2.75) is 38.6 Å². The van der Waals surface area contributed by atoms with E-state index in [1.807, 2.05) is 0 Å². The molecule has 0 atom stereocenters. The highest BCUT2D eigenvalue weighted by molar-refractivity contribution is 5.88. The first kappa shape index (κ1) is 12.6. The van der Waals surface area contributed by atoms with E-state index in [1.54, 1.807) is 11.5 Å². The number of hydrogen-bond donors (Lipinski definition) is 0. The number of nitro groups is 1. The minimum absolute atomic E-state index is 0.0510. The van der Waals surface area contributed by atoms with Gasteiger partial charge in [-0.15, -0.1) is 0 Å². The van der Waals surface area contributed by atoms with E-state index in [1.165, 1.54) is 12.3 Å². The molecular weight excluding hydrogens is 236 g/mol. The SMILES string of the molecule is CCOC(=O)c1cc([N+](=O)[O-])cn1C1CCCC1. The van der Waals surface area contributed by atoms with Crippen molar-refractivity contribution in [1.82, 2.24) is 4.57 Å². The molecule has 1 fully saturated rings. The molecule has 2 rings (SSSR count). The van der Waals surface area contributed by atoms with Gasteiger partial charge in [0.1, 0.15) is 5.69 Å². The molecule has 18 heavy (non-hydrogen) atoms. The summed E-state index contributed by atoms with van der Waals surface area (Å²) in [6, 6.07) is 1.48. The zero-order valence-corrected chi connectivity index (χ0v) is 10.3. The first-order chi connectivity index (χ1) is 8.63. The van der Waals surface area contributed by atoms with Crippen molar-refractivity contribution in [3.63, 3.8) is 0 Å². The van der Waals surface area contributed by atoms with E-state index in [4.69, 9.17) is 4.74 Å². The van der Waals surface area contributed by atoms with Gasteiger partial charge in [-0.25, -0.2) is 4.79 Å². The number of esters is 1. The molecule has 1 saturated carbocycles. The number of carbonyl (C=O) groups excluding carboxylic acids is 1. The van der Waals surface area contributed by atoms with Gasteiger partial charge < -0.3 is 9.30 Å². The van der Waals surface area contributed by atoms with E-state index in [9.17, 15) is 14.9 Å². The van der Waals surface area contributed by atoms with Crippen molar-refractivity contribution in [2.24, 2.45) is 0 Å². The van der Waals surface area contributed by atoms with Gasteiger partial charge in [-0.2, -0.15) is 0 Å². The molecule has 0 aromatic carbocycles. The van der Waals surface area contributed by atoms with Crippen LogP contribution in [0, 0.1) is 10.1 Å².